The molecule has 0 aliphatic carbocycles. The topological polar surface area (TPSA) is 72.3 Å². The van der Waals surface area contributed by atoms with E-state index in [1.165, 1.54) is 6.42 Å². The number of hydrogen-bond acceptors (Lipinski definition) is 3. The molecule has 1 saturated heterocycles. The normalized spacial score (nSPS) is 23.4. The second kappa shape index (κ2) is 5.29. The summed E-state index contributed by atoms with van der Waals surface area (Å²) in [7, 11) is 0. The SMILES string of the molecule is CC1CC(C)CN(c2c(Cl)cc(N)cc2C(N)=O)C1. The highest BCUT2D eigenvalue weighted by atomic mass is 35.5. The van der Waals surface area contributed by atoms with E-state index in [2.05, 4.69) is 18.7 Å². The van der Waals surface area contributed by atoms with Crippen molar-refractivity contribution in [1.82, 2.24) is 0 Å². The van der Waals surface area contributed by atoms with Gasteiger partial charge in [0, 0.05) is 18.8 Å². The zero-order chi connectivity index (χ0) is 14.2. The molecule has 1 aliphatic rings. The zero-order valence-corrected chi connectivity index (χ0v) is 12.1. The molecule has 19 heavy (non-hydrogen) atoms. The standard InChI is InChI=1S/C14H20ClN3O/c1-8-3-9(2)7-18(6-8)13-11(14(17)19)4-10(16)5-12(13)15/h4-5,8-9H,3,6-7,16H2,1-2H3,(H2,17,19). The van der Waals surface area contributed by atoms with Crippen molar-refractivity contribution in [3.63, 3.8) is 0 Å². The van der Waals surface area contributed by atoms with Crippen molar-refractivity contribution in [2.75, 3.05) is 23.7 Å². The van der Waals surface area contributed by atoms with E-state index in [4.69, 9.17) is 23.1 Å². The van der Waals surface area contributed by atoms with Crippen molar-refractivity contribution in [2.45, 2.75) is 20.3 Å². The quantitative estimate of drug-likeness (QED) is 0.818. The van der Waals surface area contributed by atoms with Gasteiger partial charge in [-0.05, 0) is 30.4 Å². The van der Waals surface area contributed by atoms with E-state index >= 15 is 0 Å². The maximum atomic E-state index is 11.6. The molecule has 1 amide bonds. The number of anilines is 2. The van der Waals surface area contributed by atoms with Crippen LogP contribution in [0.25, 0.3) is 0 Å². The molecule has 1 aliphatic heterocycles. The Kier molecular flexibility index (Phi) is 3.90. The lowest BCUT2D eigenvalue weighted by atomic mass is 9.91. The molecular weight excluding hydrogens is 262 g/mol. The average molecular weight is 282 g/mol. The van der Waals surface area contributed by atoms with Crippen molar-refractivity contribution in [2.24, 2.45) is 17.6 Å². The summed E-state index contributed by atoms with van der Waals surface area (Å²) in [4.78, 5) is 13.8. The van der Waals surface area contributed by atoms with Gasteiger partial charge in [0.05, 0.1) is 16.3 Å². The van der Waals surface area contributed by atoms with Crippen LogP contribution >= 0.6 is 11.6 Å². The number of hydrogen-bond donors (Lipinski definition) is 2. The highest BCUT2D eigenvalue weighted by molar-refractivity contribution is 6.34. The largest absolute Gasteiger partial charge is 0.399 e. The van der Waals surface area contributed by atoms with Crippen LogP contribution in [-0.4, -0.2) is 19.0 Å². The molecule has 0 saturated carbocycles. The third kappa shape index (κ3) is 2.95. The maximum absolute atomic E-state index is 11.6. The van der Waals surface area contributed by atoms with Crippen molar-refractivity contribution in [3.8, 4) is 0 Å². The fraction of sp³-hybridized carbons (Fsp3) is 0.500. The summed E-state index contributed by atoms with van der Waals surface area (Å²) in [6.07, 6.45) is 1.19. The first-order chi connectivity index (χ1) is 8.88. The number of halogens is 1. The highest BCUT2D eigenvalue weighted by Crippen LogP contribution is 2.36. The van der Waals surface area contributed by atoms with E-state index in [-0.39, 0.29) is 0 Å². The van der Waals surface area contributed by atoms with Crippen LogP contribution in [0.3, 0.4) is 0 Å². The summed E-state index contributed by atoms with van der Waals surface area (Å²) in [6, 6.07) is 3.28. The number of carbonyl (C=O) groups excluding carboxylic acids is 1. The Hall–Kier alpha value is -1.42. The monoisotopic (exact) mass is 281 g/mol. The molecule has 0 spiro atoms. The molecular formula is C14H20ClN3O. The number of carbonyl (C=O) groups is 1. The van der Waals surface area contributed by atoms with Gasteiger partial charge >= 0.3 is 0 Å². The molecule has 0 bridgehead atoms. The van der Waals surface area contributed by atoms with E-state index in [0.29, 0.717) is 28.1 Å². The molecule has 1 aromatic rings. The molecule has 2 unspecified atom stereocenters. The number of nitrogen functional groups attached to an aromatic ring is 1. The van der Waals surface area contributed by atoms with Crippen LogP contribution in [0.1, 0.15) is 30.6 Å². The van der Waals surface area contributed by atoms with Crippen LogP contribution in [0.4, 0.5) is 11.4 Å². The van der Waals surface area contributed by atoms with Gasteiger partial charge in [-0.2, -0.15) is 0 Å². The third-order valence-corrected chi connectivity index (χ3v) is 3.82. The lowest BCUT2D eigenvalue weighted by molar-refractivity contribution is 0.100. The molecule has 5 heteroatoms. The molecule has 2 atom stereocenters. The van der Waals surface area contributed by atoms with Crippen molar-refractivity contribution in [3.05, 3.63) is 22.7 Å². The van der Waals surface area contributed by atoms with Gasteiger partial charge < -0.3 is 16.4 Å². The summed E-state index contributed by atoms with van der Waals surface area (Å²) >= 11 is 6.28. The van der Waals surface area contributed by atoms with E-state index in [0.717, 1.165) is 18.8 Å². The molecule has 2 rings (SSSR count). The summed E-state index contributed by atoms with van der Waals surface area (Å²) < 4.78 is 0. The second-order valence-corrected chi connectivity index (χ2v) is 6.02. The van der Waals surface area contributed by atoms with Gasteiger partial charge in [-0.3, -0.25) is 4.79 Å². The van der Waals surface area contributed by atoms with Gasteiger partial charge in [0.25, 0.3) is 5.91 Å². The van der Waals surface area contributed by atoms with Crippen LogP contribution < -0.4 is 16.4 Å². The fourth-order valence-electron chi connectivity index (χ4n) is 2.97. The van der Waals surface area contributed by atoms with E-state index in [1.807, 2.05) is 0 Å². The molecule has 4 nitrogen and oxygen atoms in total. The summed E-state index contributed by atoms with van der Waals surface area (Å²) in [5.74, 6) is 0.645. The summed E-state index contributed by atoms with van der Waals surface area (Å²) in [5.41, 5.74) is 12.8. The average Bonchev–Trinajstić information content (AvgIpc) is 2.25. The number of benzene rings is 1. The van der Waals surface area contributed by atoms with Crippen molar-refractivity contribution in [1.29, 1.82) is 0 Å². The number of piperidine rings is 1. The Labute approximate surface area is 118 Å². The predicted octanol–water partition coefficient (Wildman–Crippen LogP) is 2.50. The van der Waals surface area contributed by atoms with E-state index in [1.54, 1.807) is 12.1 Å². The zero-order valence-electron chi connectivity index (χ0n) is 11.3. The second-order valence-electron chi connectivity index (χ2n) is 5.61. The van der Waals surface area contributed by atoms with Gasteiger partial charge in [-0.15, -0.1) is 0 Å². The smallest absolute Gasteiger partial charge is 0.250 e. The molecule has 0 aromatic heterocycles. The number of primary amides is 1. The van der Waals surface area contributed by atoms with Gasteiger partial charge in [0.1, 0.15) is 0 Å². The van der Waals surface area contributed by atoms with E-state index in [9.17, 15) is 4.79 Å². The molecule has 0 radical (unpaired) electrons. The van der Waals surface area contributed by atoms with Crippen LogP contribution in [0.15, 0.2) is 12.1 Å². The minimum atomic E-state index is -0.491. The number of rotatable bonds is 2. The Balaban J connectivity index is 2.46. The number of amides is 1. The predicted molar refractivity (Wildman–Crippen MR) is 79.5 cm³/mol. The fourth-order valence-corrected chi connectivity index (χ4v) is 3.32. The van der Waals surface area contributed by atoms with Gasteiger partial charge in [-0.1, -0.05) is 25.4 Å². The Morgan fingerprint density at radius 2 is 1.89 bits per heavy atom. The summed E-state index contributed by atoms with van der Waals surface area (Å²) in [6.45, 7) is 6.18. The Bertz CT molecular complexity index is 494. The van der Waals surface area contributed by atoms with Crippen molar-refractivity contribution < 1.29 is 4.79 Å². The molecule has 104 valence electrons. The first kappa shape index (κ1) is 14.0. The van der Waals surface area contributed by atoms with Crippen LogP contribution in [-0.2, 0) is 0 Å². The molecule has 1 fully saturated rings. The highest BCUT2D eigenvalue weighted by Gasteiger charge is 2.26. The number of nitrogens with two attached hydrogens (primary N) is 2. The first-order valence-corrected chi connectivity index (χ1v) is 6.90. The lowest BCUT2D eigenvalue weighted by Gasteiger charge is -2.37. The Morgan fingerprint density at radius 1 is 1.32 bits per heavy atom. The minimum Gasteiger partial charge on any atom is -0.399 e. The van der Waals surface area contributed by atoms with Gasteiger partial charge in [0.15, 0.2) is 0 Å². The van der Waals surface area contributed by atoms with Crippen LogP contribution in [0.2, 0.25) is 5.02 Å². The molecule has 1 heterocycles. The van der Waals surface area contributed by atoms with E-state index < -0.39 is 5.91 Å². The van der Waals surface area contributed by atoms with Crippen molar-refractivity contribution >= 4 is 28.9 Å². The summed E-state index contributed by atoms with van der Waals surface area (Å²) in [5, 5.41) is 0.495. The molecule has 4 N–H and O–H groups in total. The lowest BCUT2D eigenvalue weighted by Crippen LogP contribution is -2.40. The molecule has 1 aromatic carbocycles. The van der Waals surface area contributed by atoms with Gasteiger partial charge in [-0.25, -0.2) is 0 Å². The minimum absolute atomic E-state index is 0.409. The Morgan fingerprint density at radius 3 is 2.42 bits per heavy atom. The van der Waals surface area contributed by atoms with Crippen LogP contribution in [0, 0.1) is 11.8 Å². The number of nitrogens with zero attached hydrogens (tertiary/aromatic N) is 1. The maximum Gasteiger partial charge on any atom is 0.250 e. The third-order valence-electron chi connectivity index (χ3n) is 3.54. The van der Waals surface area contributed by atoms with Gasteiger partial charge in [0.2, 0.25) is 0 Å². The van der Waals surface area contributed by atoms with Crippen LogP contribution in [0.5, 0.6) is 0 Å². The first-order valence-electron chi connectivity index (χ1n) is 6.52.